The lowest BCUT2D eigenvalue weighted by molar-refractivity contribution is 0.126. The van der Waals surface area contributed by atoms with Gasteiger partial charge in [0.05, 0.1) is 30.0 Å². The van der Waals surface area contributed by atoms with Crippen LogP contribution in [0.2, 0.25) is 10.0 Å². The number of nitrogens with zero attached hydrogens (tertiary/aromatic N) is 4. The van der Waals surface area contributed by atoms with Crippen LogP contribution in [0.3, 0.4) is 0 Å². The number of hydrogen-bond donors (Lipinski definition) is 2. The van der Waals surface area contributed by atoms with Crippen LogP contribution in [0.4, 0.5) is 4.79 Å². The van der Waals surface area contributed by atoms with Crippen molar-refractivity contribution in [2.75, 3.05) is 58.7 Å². The topological polar surface area (TPSA) is 141 Å². The molecule has 1 atom stereocenters. The van der Waals surface area contributed by atoms with Crippen LogP contribution in [0, 0.1) is 5.92 Å². The minimum absolute atomic E-state index is 0.0392. The lowest BCUT2D eigenvalue weighted by Crippen LogP contribution is -2.54. The second kappa shape index (κ2) is 18.1. The van der Waals surface area contributed by atoms with Crippen LogP contribution in [0.15, 0.2) is 69.5 Å². The van der Waals surface area contributed by atoms with E-state index in [2.05, 4.69) is 14.3 Å². The zero-order valence-corrected chi connectivity index (χ0v) is 33.9. The van der Waals surface area contributed by atoms with E-state index < -0.39 is 25.6 Å². The molecular weight excluding hydrogens is 771 g/mol. The first-order valence-corrected chi connectivity index (χ1v) is 21.4. The van der Waals surface area contributed by atoms with Crippen molar-refractivity contribution in [2.24, 2.45) is 10.9 Å². The van der Waals surface area contributed by atoms with Gasteiger partial charge in [-0.2, -0.15) is 0 Å². The molecule has 1 unspecified atom stereocenters. The lowest BCUT2D eigenvalue weighted by Gasteiger charge is -2.38. The highest BCUT2D eigenvalue weighted by Crippen LogP contribution is 2.33. The Bertz CT molecular complexity index is 1890. The zero-order chi connectivity index (χ0) is 38.3. The molecule has 1 saturated heterocycles. The average molecular weight is 818 g/mol. The van der Waals surface area contributed by atoms with Gasteiger partial charge < -0.3 is 9.64 Å². The molecule has 2 aromatic rings. The third-order valence-corrected chi connectivity index (χ3v) is 11.6. The van der Waals surface area contributed by atoms with E-state index in [0.717, 1.165) is 11.8 Å². The Morgan fingerprint density at radius 3 is 2.29 bits per heavy atom. The molecular formula is C35H47Cl3N6O6S2. The number of amidine groups is 1. The number of carbonyl (C=O) groups is 1. The van der Waals surface area contributed by atoms with Gasteiger partial charge in [-0.05, 0) is 64.0 Å². The van der Waals surface area contributed by atoms with Crippen molar-refractivity contribution < 1.29 is 26.4 Å². The minimum atomic E-state index is -4.13. The number of sulfonamides is 2. The molecule has 2 amide bonds. The summed E-state index contributed by atoms with van der Waals surface area (Å²) in [7, 11) is -7.45. The first-order valence-electron chi connectivity index (χ1n) is 16.9. The predicted molar refractivity (Wildman–Crippen MR) is 209 cm³/mol. The number of benzene rings is 2. The molecule has 1 fully saturated rings. The molecule has 0 spiro atoms. The average Bonchev–Trinajstić information content (AvgIpc) is 3.05. The maximum Gasteiger partial charge on any atom is 0.326 e. The Balaban J connectivity index is 1.82. The summed E-state index contributed by atoms with van der Waals surface area (Å²) in [4.78, 5) is 24.9. The van der Waals surface area contributed by atoms with Crippen molar-refractivity contribution in [3.8, 4) is 5.75 Å². The van der Waals surface area contributed by atoms with Gasteiger partial charge in [0.1, 0.15) is 16.5 Å². The second-order valence-electron chi connectivity index (χ2n) is 13.7. The second-order valence-corrected chi connectivity index (χ2v) is 18.4. The molecule has 1 heterocycles. The fourth-order valence-electron chi connectivity index (χ4n) is 5.67. The van der Waals surface area contributed by atoms with Gasteiger partial charge in [0.2, 0.25) is 20.0 Å². The highest BCUT2D eigenvalue weighted by atomic mass is 35.5. The van der Waals surface area contributed by atoms with Crippen LogP contribution in [0.25, 0.3) is 0 Å². The number of aliphatic imine (C=N–C) groups is 1. The van der Waals surface area contributed by atoms with E-state index in [-0.39, 0.29) is 65.3 Å². The van der Waals surface area contributed by atoms with Gasteiger partial charge >= 0.3 is 6.03 Å². The van der Waals surface area contributed by atoms with Crippen molar-refractivity contribution in [1.82, 2.24) is 24.1 Å². The van der Waals surface area contributed by atoms with Crippen molar-refractivity contribution >= 4 is 66.7 Å². The van der Waals surface area contributed by atoms with E-state index in [4.69, 9.17) is 44.5 Å². The molecule has 0 bridgehead atoms. The summed E-state index contributed by atoms with van der Waals surface area (Å²) in [6, 6.07) is 9.63. The highest BCUT2D eigenvalue weighted by Gasteiger charge is 2.33. The number of amides is 2. The van der Waals surface area contributed by atoms with Gasteiger partial charge in [-0.15, -0.1) is 0 Å². The maximum atomic E-state index is 14.7. The molecule has 2 aliphatic rings. The van der Waals surface area contributed by atoms with E-state index in [1.54, 1.807) is 49.6 Å². The Morgan fingerprint density at radius 1 is 1.04 bits per heavy atom. The summed E-state index contributed by atoms with van der Waals surface area (Å²) >= 11 is 19.1. The molecule has 0 radical (unpaired) electrons. The number of carbonyl (C=O) groups excluding carboxylic acids is 1. The van der Waals surface area contributed by atoms with E-state index in [1.807, 2.05) is 30.4 Å². The number of nitrogens with one attached hydrogen (secondary N) is 2. The molecule has 0 aromatic heterocycles. The number of urea groups is 1. The number of halogens is 3. The number of allylic oxidation sites excluding steroid dienone is 3. The first-order chi connectivity index (χ1) is 24.3. The Morgan fingerprint density at radius 2 is 1.71 bits per heavy atom. The van der Waals surface area contributed by atoms with Crippen LogP contribution < -0.4 is 14.2 Å². The molecule has 0 saturated carbocycles. The molecule has 17 heteroatoms. The summed E-state index contributed by atoms with van der Waals surface area (Å²) in [5.41, 5.74) is 0.235. The summed E-state index contributed by atoms with van der Waals surface area (Å²) < 4.78 is 61.8. The van der Waals surface area contributed by atoms with Crippen LogP contribution in [0.5, 0.6) is 5.75 Å². The largest absolute Gasteiger partial charge is 0.493 e. The van der Waals surface area contributed by atoms with E-state index in [9.17, 15) is 21.6 Å². The molecule has 286 valence electrons. The van der Waals surface area contributed by atoms with Gasteiger partial charge in [-0.25, -0.2) is 31.1 Å². The van der Waals surface area contributed by atoms with Crippen molar-refractivity contribution in [3.05, 3.63) is 80.8 Å². The first kappa shape index (κ1) is 42.1. The number of rotatable bonds is 13. The summed E-state index contributed by atoms with van der Waals surface area (Å²) in [6.45, 7) is 10.1. The van der Waals surface area contributed by atoms with Crippen molar-refractivity contribution in [3.63, 3.8) is 0 Å². The van der Waals surface area contributed by atoms with Gasteiger partial charge in [0, 0.05) is 73.4 Å². The minimum Gasteiger partial charge on any atom is -0.493 e. The van der Waals surface area contributed by atoms with E-state index >= 15 is 0 Å². The molecule has 1 aliphatic carbocycles. The predicted octanol–water partition coefficient (Wildman–Crippen LogP) is 5.70. The smallest absolute Gasteiger partial charge is 0.326 e. The van der Waals surface area contributed by atoms with Gasteiger partial charge in [0.15, 0.2) is 0 Å². The van der Waals surface area contributed by atoms with Crippen molar-refractivity contribution in [1.29, 1.82) is 0 Å². The molecule has 4 rings (SSSR count). The van der Waals surface area contributed by atoms with Crippen LogP contribution >= 0.6 is 34.8 Å². The monoisotopic (exact) mass is 816 g/mol. The SMILES string of the molecule is CCOc1cc(Cl)c(S(=O)(=O)NC(C)(C)C)cc1/C(=N/CC1C=CC(Cl)=CC1)N(Cc1ccc(Cl)cc1)C(=O)N1CCN(CCNS(C)(=O)=O)CC1. The van der Waals surface area contributed by atoms with E-state index in [1.165, 1.54) is 12.1 Å². The number of hydrogen-bond acceptors (Lipinski definition) is 8. The quantitative estimate of drug-likeness (QED) is 0.195. The Kier molecular flexibility index (Phi) is 14.6. The molecule has 2 aromatic carbocycles. The number of piperazine rings is 1. The van der Waals surface area contributed by atoms with Crippen LogP contribution in [0.1, 0.15) is 45.2 Å². The Hall–Kier alpha value is -2.69. The Labute approximate surface area is 322 Å². The third kappa shape index (κ3) is 12.4. The third-order valence-electron chi connectivity index (χ3n) is 8.10. The van der Waals surface area contributed by atoms with Crippen LogP contribution in [-0.2, 0) is 26.6 Å². The molecule has 1 aliphatic heterocycles. The maximum absolute atomic E-state index is 14.7. The summed E-state index contributed by atoms with van der Waals surface area (Å²) in [6.07, 6.45) is 7.41. The van der Waals surface area contributed by atoms with Crippen molar-refractivity contribution in [2.45, 2.75) is 51.1 Å². The van der Waals surface area contributed by atoms with Gasteiger partial charge in [-0.3, -0.25) is 14.8 Å². The summed E-state index contributed by atoms with van der Waals surface area (Å²) in [5, 5.41) is 1.12. The fourth-order valence-corrected chi connectivity index (χ4v) is 8.38. The van der Waals surface area contributed by atoms with Gasteiger partial charge in [-0.1, -0.05) is 59.1 Å². The molecule has 52 heavy (non-hydrogen) atoms. The van der Waals surface area contributed by atoms with Crippen LogP contribution in [-0.4, -0.2) is 108 Å². The lowest BCUT2D eigenvalue weighted by atomic mass is 10.0. The number of ether oxygens (including phenoxy) is 1. The van der Waals surface area contributed by atoms with Gasteiger partial charge in [0.25, 0.3) is 0 Å². The normalized spacial score (nSPS) is 17.6. The molecule has 2 N–H and O–H groups in total. The fraction of sp³-hybridized carbons (Fsp3) is 0.486. The standard InChI is InChI=1S/C35H47Cl3N6O6S2/c1-6-50-31-22-30(38)32(52(48,49)41-35(2,3)4)21-29(31)33(39-23-25-7-11-27(36)12-8-25)44(24-26-9-13-28(37)14-10-26)34(45)43-19-17-42(18-20-43)16-15-40-51(5,46)47/h7,9-14,21-22,25,40-41H,6,8,15-20,23-24H2,1-5H3/b39-33-. The van der Waals surface area contributed by atoms with E-state index in [0.29, 0.717) is 49.2 Å². The summed E-state index contributed by atoms with van der Waals surface area (Å²) in [5.74, 6) is 0.434. The zero-order valence-electron chi connectivity index (χ0n) is 30.0. The molecule has 12 nitrogen and oxygen atoms in total. The highest BCUT2D eigenvalue weighted by molar-refractivity contribution is 7.89.